The number of nitro benzene ring substituents is 1. The molecule has 4 rings (SSSR count). The molecule has 1 aliphatic rings. The average Bonchev–Trinajstić information content (AvgIpc) is 2.90. The summed E-state index contributed by atoms with van der Waals surface area (Å²) in [4.78, 5) is 22.5. The highest BCUT2D eigenvalue weighted by Crippen LogP contribution is 2.34. The summed E-state index contributed by atoms with van der Waals surface area (Å²) in [6.45, 7) is 1.14. The van der Waals surface area contributed by atoms with E-state index in [9.17, 15) is 14.9 Å². The van der Waals surface area contributed by atoms with Gasteiger partial charge < -0.3 is 13.9 Å². The minimum Gasteiger partial charge on any atom is -0.486 e. The fraction of sp³-hybridized carbons (Fsp3) is 0.188. The maximum atomic E-state index is 12.1. The van der Waals surface area contributed by atoms with Gasteiger partial charge in [-0.2, -0.15) is 0 Å². The first-order chi connectivity index (χ1) is 11.6. The van der Waals surface area contributed by atoms with Gasteiger partial charge in [-0.25, -0.2) is 4.79 Å². The van der Waals surface area contributed by atoms with Gasteiger partial charge in [-0.1, -0.05) is 12.1 Å². The monoisotopic (exact) mass is 328 g/mol. The Bertz CT molecular complexity index is 1000. The maximum Gasteiger partial charge on any atom is 0.420 e. The van der Waals surface area contributed by atoms with Gasteiger partial charge in [0.25, 0.3) is 5.69 Å². The molecule has 0 fully saturated rings. The number of benzene rings is 2. The van der Waals surface area contributed by atoms with Crippen LogP contribution in [0.3, 0.4) is 0 Å². The van der Waals surface area contributed by atoms with E-state index in [2.05, 4.69) is 0 Å². The van der Waals surface area contributed by atoms with E-state index >= 15 is 0 Å². The number of para-hydroxylation sites is 1. The molecule has 0 unspecified atom stereocenters. The van der Waals surface area contributed by atoms with Crippen molar-refractivity contribution in [2.75, 3.05) is 13.2 Å². The fourth-order valence-corrected chi connectivity index (χ4v) is 2.75. The van der Waals surface area contributed by atoms with Crippen molar-refractivity contribution in [1.82, 2.24) is 4.57 Å². The highest BCUT2D eigenvalue weighted by atomic mass is 16.6. The van der Waals surface area contributed by atoms with Crippen LogP contribution in [0.1, 0.15) is 5.56 Å². The summed E-state index contributed by atoms with van der Waals surface area (Å²) in [5, 5.41) is 10.8. The fourth-order valence-electron chi connectivity index (χ4n) is 2.75. The molecule has 0 spiro atoms. The van der Waals surface area contributed by atoms with Crippen LogP contribution >= 0.6 is 0 Å². The van der Waals surface area contributed by atoms with Crippen LogP contribution < -0.4 is 15.2 Å². The molecule has 2 heterocycles. The molecule has 0 saturated heterocycles. The molecule has 1 aromatic heterocycles. The second kappa shape index (κ2) is 5.41. The summed E-state index contributed by atoms with van der Waals surface area (Å²) < 4.78 is 17.7. The van der Waals surface area contributed by atoms with Gasteiger partial charge in [-0.15, -0.1) is 0 Å². The number of nitrogens with zero attached hydrogens (tertiary/aromatic N) is 2. The van der Waals surface area contributed by atoms with E-state index in [1.807, 2.05) is 12.1 Å². The van der Waals surface area contributed by atoms with Crippen molar-refractivity contribution < 1.29 is 18.8 Å². The Kier molecular flexibility index (Phi) is 3.23. The predicted molar refractivity (Wildman–Crippen MR) is 83.7 cm³/mol. The third-order valence-corrected chi connectivity index (χ3v) is 3.84. The molecule has 8 heteroatoms. The lowest BCUT2D eigenvalue weighted by molar-refractivity contribution is -0.384. The summed E-state index contributed by atoms with van der Waals surface area (Å²) in [5.41, 5.74) is 1.31. The zero-order chi connectivity index (χ0) is 16.7. The predicted octanol–water partition coefficient (Wildman–Crippen LogP) is 2.32. The van der Waals surface area contributed by atoms with Gasteiger partial charge in [-0.3, -0.25) is 14.7 Å². The van der Waals surface area contributed by atoms with Crippen LogP contribution in [0.25, 0.3) is 11.1 Å². The number of nitro groups is 1. The van der Waals surface area contributed by atoms with E-state index in [0.29, 0.717) is 30.2 Å². The molecule has 0 amide bonds. The normalized spacial score (nSPS) is 13.2. The lowest BCUT2D eigenvalue weighted by Crippen LogP contribution is -2.19. The summed E-state index contributed by atoms with van der Waals surface area (Å²) in [6.07, 6.45) is 0. The average molecular weight is 328 g/mol. The van der Waals surface area contributed by atoms with E-state index in [4.69, 9.17) is 13.9 Å². The molecule has 8 nitrogen and oxygen atoms in total. The first-order valence-electron chi connectivity index (χ1n) is 7.29. The van der Waals surface area contributed by atoms with Gasteiger partial charge in [0.1, 0.15) is 13.2 Å². The molecule has 122 valence electrons. The third kappa shape index (κ3) is 2.28. The number of oxazole rings is 1. The van der Waals surface area contributed by atoms with Crippen LogP contribution in [0.5, 0.6) is 11.5 Å². The maximum absolute atomic E-state index is 12.1. The first kappa shape index (κ1) is 14.3. The molecule has 24 heavy (non-hydrogen) atoms. The Balaban J connectivity index is 1.79. The van der Waals surface area contributed by atoms with Crippen molar-refractivity contribution in [2.45, 2.75) is 6.54 Å². The number of non-ortho nitro benzene ring substituents is 1. The molecule has 1 aliphatic heterocycles. The lowest BCUT2D eigenvalue weighted by atomic mass is 10.1. The van der Waals surface area contributed by atoms with E-state index in [1.165, 1.54) is 22.8 Å². The van der Waals surface area contributed by atoms with Gasteiger partial charge >= 0.3 is 5.76 Å². The quantitative estimate of drug-likeness (QED) is 0.541. The van der Waals surface area contributed by atoms with Gasteiger partial charge in [0, 0.05) is 11.6 Å². The zero-order valence-corrected chi connectivity index (χ0v) is 12.4. The molecule has 0 atom stereocenters. The number of aromatic nitrogens is 1. The Morgan fingerprint density at radius 1 is 1.17 bits per heavy atom. The Morgan fingerprint density at radius 3 is 2.83 bits per heavy atom. The number of hydrogen-bond acceptors (Lipinski definition) is 6. The van der Waals surface area contributed by atoms with Crippen LogP contribution in [-0.2, 0) is 6.54 Å². The summed E-state index contributed by atoms with van der Waals surface area (Å²) in [5.74, 6) is 0.655. The van der Waals surface area contributed by atoms with Crippen LogP contribution in [0, 0.1) is 10.1 Å². The van der Waals surface area contributed by atoms with Crippen molar-refractivity contribution in [3.05, 3.63) is 62.6 Å². The molecular weight excluding hydrogens is 316 g/mol. The summed E-state index contributed by atoms with van der Waals surface area (Å²) in [6, 6.07) is 9.55. The van der Waals surface area contributed by atoms with Gasteiger partial charge in [0.05, 0.1) is 23.1 Å². The molecule has 0 saturated carbocycles. The second-order valence-electron chi connectivity index (χ2n) is 5.30. The first-order valence-corrected chi connectivity index (χ1v) is 7.29. The number of rotatable bonds is 3. The minimum absolute atomic E-state index is 0.128. The van der Waals surface area contributed by atoms with Crippen LogP contribution in [-0.4, -0.2) is 22.7 Å². The van der Waals surface area contributed by atoms with E-state index < -0.39 is 10.7 Å². The third-order valence-electron chi connectivity index (χ3n) is 3.84. The topological polar surface area (TPSA) is 96.7 Å². The van der Waals surface area contributed by atoms with Crippen molar-refractivity contribution >= 4 is 16.8 Å². The molecule has 0 radical (unpaired) electrons. The molecule has 2 aromatic carbocycles. The van der Waals surface area contributed by atoms with E-state index in [0.717, 1.165) is 5.56 Å². The molecule has 0 N–H and O–H groups in total. The van der Waals surface area contributed by atoms with Gasteiger partial charge in [0.2, 0.25) is 0 Å². The molecule has 0 bridgehead atoms. The lowest BCUT2D eigenvalue weighted by Gasteiger charge is -2.20. The number of hydrogen-bond donors (Lipinski definition) is 0. The summed E-state index contributed by atoms with van der Waals surface area (Å²) >= 11 is 0. The minimum atomic E-state index is -0.583. The molecule has 0 aliphatic carbocycles. The Hall–Kier alpha value is -3.29. The SMILES string of the molecule is O=c1oc2cc([N+](=O)[O-])ccc2n1Cc1cccc2c1OCCO2. The van der Waals surface area contributed by atoms with Crippen molar-refractivity contribution in [3.63, 3.8) is 0 Å². The standard InChI is InChI=1S/C16H12N2O6/c19-16-17(12-5-4-11(18(20)21)8-14(12)24-16)9-10-2-1-3-13-15(10)23-7-6-22-13/h1-5,8H,6-7,9H2. The van der Waals surface area contributed by atoms with Gasteiger partial charge in [0.15, 0.2) is 17.1 Å². The van der Waals surface area contributed by atoms with Crippen molar-refractivity contribution in [2.24, 2.45) is 0 Å². The van der Waals surface area contributed by atoms with Crippen LogP contribution in [0.4, 0.5) is 5.69 Å². The second-order valence-corrected chi connectivity index (χ2v) is 5.30. The van der Waals surface area contributed by atoms with Gasteiger partial charge in [-0.05, 0) is 12.1 Å². The Morgan fingerprint density at radius 2 is 2.00 bits per heavy atom. The number of fused-ring (bicyclic) bond motifs is 2. The molecular formula is C16H12N2O6. The summed E-state index contributed by atoms with van der Waals surface area (Å²) in [7, 11) is 0. The van der Waals surface area contributed by atoms with Crippen molar-refractivity contribution in [3.8, 4) is 11.5 Å². The largest absolute Gasteiger partial charge is 0.486 e. The number of ether oxygens (including phenoxy) is 2. The van der Waals surface area contributed by atoms with Crippen LogP contribution in [0.2, 0.25) is 0 Å². The highest BCUT2D eigenvalue weighted by molar-refractivity contribution is 5.76. The zero-order valence-electron chi connectivity index (χ0n) is 12.4. The molecule has 3 aromatic rings. The highest BCUT2D eigenvalue weighted by Gasteiger charge is 2.19. The van der Waals surface area contributed by atoms with E-state index in [1.54, 1.807) is 6.07 Å². The van der Waals surface area contributed by atoms with Crippen molar-refractivity contribution in [1.29, 1.82) is 0 Å². The Labute approximate surface area is 135 Å². The van der Waals surface area contributed by atoms with Crippen LogP contribution in [0.15, 0.2) is 45.6 Å². The van der Waals surface area contributed by atoms with E-state index in [-0.39, 0.29) is 17.8 Å². The smallest absolute Gasteiger partial charge is 0.420 e.